The maximum atomic E-state index is 13.4. The van der Waals surface area contributed by atoms with E-state index < -0.39 is 33.1 Å². The normalized spacial score (nSPS) is 24.1. The van der Waals surface area contributed by atoms with Crippen molar-refractivity contribution in [3.8, 4) is 0 Å². The van der Waals surface area contributed by atoms with Gasteiger partial charge in [0.15, 0.2) is 15.6 Å². The molecule has 7 heteroatoms. The fourth-order valence-corrected chi connectivity index (χ4v) is 6.30. The summed E-state index contributed by atoms with van der Waals surface area (Å²) < 4.78 is 26.8. The van der Waals surface area contributed by atoms with Gasteiger partial charge in [-0.1, -0.05) is 49.1 Å². The summed E-state index contributed by atoms with van der Waals surface area (Å²) in [5.41, 5.74) is 0.563. The van der Waals surface area contributed by atoms with E-state index in [1.54, 1.807) is 24.3 Å². The van der Waals surface area contributed by atoms with Crippen LogP contribution in [0.1, 0.15) is 51.4 Å². The first kappa shape index (κ1) is 21.7. The van der Waals surface area contributed by atoms with E-state index in [2.05, 4.69) is 0 Å². The van der Waals surface area contributed by atoms with Gasteiger partial charge in [0.05, 0.1) is 17.4 Å². The number of rotatable bonds is 8. The molecule has 0 saturated heterocycles. The molecular formula is C22H28O6S. The minimum absolute atomic E-state index is 0.0540. The predicted octanol–water partition coefficient (Wildman–Crippen LogP) is 3.15. The van der Waals surface area contributed by atoms with E-state index in [-0.39, 0.29) is 35.9 Å². The van der Waals surface area contributed by atoms with Crippen LogP contribution in [0, 0.1) is 11.8 Å². The van der Waals surface area contributed by atoms with Crippen LogP contribution < -0.4 is 0 Å². The Morgan fingerprint density at radius 1 is 1.07 bits per heavy atom. The fourth-order valence-electron chi connectivity index (χ4n) is 4.53. The first-order valence-corrected chi connectivity index (χ1v) is 11.8. The van der Waals surface area contributed by atoms with Crippen LogP contribution in [-0.4, -0.2) is 41.7 Å². The second kappa shape index (κ2) is 9.22. The van der Waals surface area contributed by atoms with Crippen molar-refractivity contribution in [3.63, 3.8) is 0 Å². The number of carboxylic acid groups (broad SMARTS) is 1. The van der Waals surface area contributed by atoms with Gasteiger partial charge in [-0.3, -0.25) is 9.59 Å². The van der Waals surface area contributed by atoms with Gasteiger partial charge in [-0.15, -0.1) is 0 Å². The van der Waals surface area contributed by atoms with Gasteiger partial charge in [-0.2, -0.15) is 0 Å². The largest absolute Gasteiger partial charge is 0.481 e. The summed E-state index contributed by atoms with van der Waals surface area (Å²) in [7, 11) is -3.93. The van der Waals surface area contributed by atoms with Crippen molar-refractivity contribution in [2.75, 3.05) is 0 Å². The maximum absolute atomic E-state index is 13.4. The molecule has 1 fully saturated rings. The Morgan fingerprint density at radius 2 is 1.72 bits per heavy atom. The summed E-state index contributed by atoms with van der Waals surface area (Å²) >= 11 is 0. The van der Waals surface area contributed by atoms with Gasteiger partial charge in [0.2, 0.25) is 0 Å². The maximum Gasteiger partial charge on any atom is 0.304 e. The lowest BCUT2D eigenvalue weighted by Gasteiger charge is -2.27. The molecule has 1 saturated carbocycles. The van der Waals surface area contributed by atoms with E-state index in [0.29, 0.717) is 18.4 Å². The zero-order valence-electron chi connectivity index (χ0n) is 16.4. The molecule has 2 aliphatic carbocycles. The Bertz CT molecular complexity index is 868. The highest BCUT2D eigenvalue weighted by Crippen LogP contribution is 2.37. The number of hydrogen-bond donors (Lipinski definition) is 2. The number of ketones is 1. The Morgan fingerprint density at radius 3 is 2.34 bits per heavy atom. The lowest BCUT2D eigenvalue weighted by Crippen LogP contribution is -2.37. The van der Waals surface area contributed by atoms with Crippen LogP contribution in [0.5, 0.6) is 0 Å². The molecule has 0 radical (unpaired) electrons. The van der Waals surface area contributed by atoms with Gasteiger partial charge in [0.25, 0.3) is 0 Å². The van der Waals surface area contributed by atoms with Crippen LogP contribution >= 0.6 is 0 Å². The highest BCUT2D eigenvalue weighted by Gasteiger charge is 2.41. The van der Waals surface area contributed by atoms with Gasteiger partial charge in [0.1, 0.15) is 5.25 Å². The highest BCUT2D eigenvalue weighted by molar-refractivity contribution is 7.92. The monoisotopic (exact) mass is 420 g/mol. The van der Waals surface area contributed by atoms with Crippen molar-refractivity contribution >= 4 is 21.6 Å². The number of aliphatic carboxylic acids is 1. The molecule has 0 heterocycles. The Balaban J connectivity index is 1.92. The molecule has 2 N–H and O–H groups in total. The van der Waals surface area contributed by atoms with Gasteiger partial charge in [0, 0.05) is 11.8 Å². The molecule has 3 unspecified atom stereocenters. The topological polar surface area (TPSA) is 109 Å². The van der Waals surface area contributed by atoms with Crippen LogP contribution in [-0.2, 0) is 19.4 Å². The Kier molecular flexibility index (Phi) is 6.90. The van der Waals surface area contributed by atoms with E-state index >= 15 is 0 Å². The van der Waals surface area contributed by atoms with Gasteiger partial charge in [-0.05, 0) is 37.8 Å². The lowest BCUT2D eigenvalue weighted by molar-refractivity contribution is -0.138. The Labute approximate surface area is 171 Å². The zero-order valence-corrected chi connectivity index (χ0v) is 17.2. The molecule has 0 amide bonds. The van der Waals surface area contributed by atoms with Gasteiger partial charge in [-0.25, -0.2) is 8.42 Å². The molecule has 3 rings (SSSR count). The molecule has 0 spiro atoms. The molecule has 3 atom stereocenters. The summed E-state index contributed by atoms with van der Waals surface area (Å²) in [6.45, 7) is 0. The third-order valence-corrected chi connectivity index (χ3v) is 8.23. The minimum atomic E-state index is -3.93. The first-order chi connectivity index (χ1) is 13.8. The smallest absolute Gasteiger partial charge is 0.304 e. The van der Waals surface area contributed by atoms with Crippen LogP contribution in [0.3, 0.4) is 0 Å². The van der Waals surface area contributed by atoms with Crippen molar-refractivity contribution in [2.45, 2.75) is 67.6 Å². The van der Waals surface area contributed by atoms with Crippen LogP contribution in [0.2, 0.25) is 0 Å². The minimum Gasteiger partial charge on any atom is -0.481 e. The molecule has 6 nitrogen and oxygen atoms in total. The lowest BCUT2D eigenvalue weighted by atomic mass is 9.83. The number of aliphatic hydroxyl groups excluding tert-OH is 1. The predicted molar refractivity (Wildman–Crippen MR) is 108 cm³/mol. The summed E-state index contributed by atoms with van der Waals surface area (Å²) in [5, 5.41) is 18.1. The number of sulfone groups is 1. The van der Waals surface area contributed by atoms with E-state index in [1.807, 2.05) is 0 Å². The van der Waals surface area contributed by atoms with Crippen molar-refractivity contribution in [1.82, 2.24) is 0 Å². The number of aliphatic hydroxyl groups is 1. The van der Waals surface area contributed by atoms with E-state index in [1.165, 1.54) is 12.1 Å². The molecule has 2 aliphatic rings. The first-order valence-electron chi connectivity index (χ1n) is 10.2. The third-order valence-electron chi connectivity index (χ3n) is 6.15. The number of carbonyl (C=O) groups is 2. The number of carbonyl (C=O) groups excluding carboxylic acids is 1. The average Bonchev–Trinajstić information content (AvgIpc) is 3.05. The van der Waals surface area contributed by atoms with E-state index in [0.717, 1.165) is 19.3 Å². The van der Waals surface area contributed by atoms with Crippen LogP contribution in [0.4, 0.5) is 0 Å². The standard InChI is InChI=1S/C22H28O6S/c23-19-12-11-16(18(19)14-21(24)25)13-20(22(26)15-7-3-1-4-8-15)29(27,28)17-9-5-2-6-10-17/h2,5-6,9-11,15,18-20,23H,1,3-4,7-8,12-14H2,(H,24,25). The second-order valence-corrected chi connectivity index (χ2v) is 10.2. The molecular weight excluding hydrogens is 392 g/mol. The number of hydrogen-bond acceptors (Lipinski definition) is 5. The zero-order chi connectivity index (χ0) is 21.0. The van der Waals surface area contributed by atoms with E-state index in [4.69, 9.17) is 0 Å². The molecule has 29 heavy (non-hydrogen) atoms. The van der Waals surface area contributed by atoms with Gasteiger partial charge >= 0.3 is 5.97 Å². The second-order valence-electron chi connectivity index (χ2n) is 8.07. The average molecular weight is 421 g/mol. The summed E-state index contributed by atoms with van der Waals surface area (Å²) in [4.78, 5) is 24.6. The van der Waals surface area contributed by atoms with E-state index in [9.17, 15) is 28.2 Å². The molecule has 158 valence electrons. The Hall–Kier alpha value is -1.99. The quantitative estimate of drug-likeness (QED) is 0.626. The third kappa shape index (κ3) is 4.95. The van der Waals surface area contributed by atoms with Gasteiger partial charge < -0.3 is 10.2 Å². The van der Waals surface area contributed by atoms with Crippen LogP contribution in [0.25, 0.3) is 0 Å². The molecule has 1 aromatic rings. The molecule has 0 aliphatic heterocycles. The van der Waals surface area contributed by atoms with Crippen molar-refractivity contribution in [1.29, 1.82) is 0 Å². The molecule has 0 aromatic heterocycles. The highest BCUT2D eigenvalue weighted by atomic mass is 32.2. The fraction of sp³-hybridized carbons (Fsp3) is 0.545. The summed E-state index contributed by atoms with van der Waals surface area (Å²) in [5.74, 6) is -2.26. The van der Waals surface area contributed by atoms with Crippen molar-refractivity contribution in [3.05, 3.63) is 42.0 Å². The van der Waals surface area contributed by atoms with Crippen molar-refractivity contribution in [2.24, 2.45) is 11.8 Å². The molecule has 0 bridgehead atoms. The van der Waals surface area contributed by atoms with Crippen molar-refractivity contribution < 1.29 is 28.2 Å². The summed E-state index contributed by atoms with van der Waals surface area (Å²) in [6, 6.07) is 7.95. The number of benzene rings is 1. The SMILES string of the molecule is O=C(O)CC1C(CC(C(=O)C2CCCCC2)S(=O)(=O)c2ccccc2)=CCC1O. The molecule has 1 aromatic carbocycles. The number of carboxylic acids is 1. The summed E-state index contributed by atoms with van der Waals surface area (Å²) in [6.07, 6.45) is 5.07. The van der Waals surface area contributed by atoms with Crippen LogP contribution in [0.15, 0.2) is 46.9 Å². The number of Topliss-reactive ketones (excluding diaryl/α,β-unsaturated/α-hetero) is 1.